The van der Waals surface area contributed by atoms with Gasteiger partial charge in [-0.25, -0.2) is 0 Å². The quantitative estimate of drug-likeness (QED) is 0.392. The first-order valence-electron chi connectivity index (χ1n) is 11.4. The SMILES string of the molecule is CNCCCOc1ccc2c(c1)CN(C(=O)c1cc(C(=O)N(C)Cc3cccs3)c(O)cc1O)C2. The molecule has 3 N–H and O–H groups in total. The molecular formula is C26H29N3O5S. The van der Waals surface area contributed by atoms with Gasteiger partial charge in [0.15, 0.2) is 0 Å². The highest BCUT2D eigenvalue weighted by atomic mass is 32.1. The first-order chi connectivity index (χ1) is 16.9. The van der Waals surface area contributed by atoms with Crippen molar-refractivity contribution in [1.82, 2.24) is 15.1 Å². The lowest BCUT2D eigenvalue weighted by Crippen LogP contribution is -2.28. The Kier molecular flexibility index (Phi) is 7.57. The zero-order chi connectivity index (χ0) is 24.9. The lowest BCUT2D eigenvalue weighted by Gasteiger charge is -2.20. The Bertz CT molecular complexity index is 1210. The third-order valence-electron chi connectivity index (χ3n) is 5.92. The number of rotatable bonds is 9. The van der Waals surface area contributed by atoms with Crippen molar-refractivity contribution in [2.45, 2.75) is 26.1 Å². The number of carbonyl (C=O) groups excluding carboxylic acids is 2. The normalized spacial score (nSPS) is 12.5. The fourth-order valence-electron chi connectivity index (χ4n) is 4.05. The van der Waals surface area contributed by atoms with Gasteiger partial charge in [0.2, 0.25) is 0 Å². The number of nitrogens with zero attached hydrogens (tertiary/aromatic N) is 2. The van der Waals surface area contributed by atoms with E-state index in [-0.39, 0.29) is 22.6 Å². The predicted molar refractivity (Wildman–Crippen MR) is 134 cm³/mol. The molecule has 0 atom stereocenters. The van der Waals surface area contributed by atoms with Gasteiger partial charge in [-0.3, -0.25) is 9.59 Å². The van der Waals surface area contributed by atoms with E-state index in [1.54, 1.807) is 11.9 Å². The second-order valence-electron chi connectivity index (χ2n) is 8.52. The number of fused-ring (bicyclic) bond motifs is 1. The number of hydrogen-bond acceptors (Lipinski definition) is 7. The van der Waals surface area contributed by atoms with Crippen molar-refractivity contribution in [2.24, 2.45) is 0 Å². The number of benzene rings is 2. The molecule has 184 valence electrons. The van der Waals surface area contributed by atoms with Crippen LogP contribution in [0, 0.1) is 0 Å². The minimum Gasteiger partial charge on any atom is -0.507 e. The van der Waals surface area contributed by atoms with E-state index in [4.69, 9.17) is 4.74 Å². The van der Waals surface area contributed by atoms with E-state index < -0.39 is 11.8 Å². The molecular weight excluding hydrogens is 466 g/mol. The van der Waals surface area contributed by atoms with Gasteiger partial charge < -0.3 is 30.1 Å². The van der Waals surface area contributed by atoms with E-state index in [2.05, 4.69) is 5.32 Å². The van der Waals surface area contributed by atoms with Crippen LogP contribution in [0.15, 0.2) is 47.8 Å². The van der Waals surface area contributed by atoms with Gasteiger partial charge in [-0.1, -0.05) is 12.1 Å². The van der Waals surface area contributed by atoms with Crippen molar-refractivity contribution >= 4 is 23.2 Å². The van der Waals surface area contributed by atoms with Gasteiger partial charge in [0.25, 0.3) is 11.8 Å². The molecule has 2 aromatic carbocycles. The molecule has 0 fully saturated rings. The molecule has 2 heterocycles. The molecule has 0 bridgehead atoms. The largest absolute Gasteiger partial charge is 0.507 e. The standard InChI is InChI=1S/C26H29N3O5S/c1-27-8-4-9-34-19-7-6-17-14-29(15-18(17)11-19)26(33)22-12-21(23(30)13-24(22)31)25(32)28(2)16-20-5-3-10-35-20/h3,5-7,10-13,27,30-31H,4,8-9,14-16H2,1-2H3. The van der Waals surface area contributed by atoms with Crippen LogP contribution >= 0.6 is 11.3 Å². The van der Waals surface area contributed by atoms with Crippen LogP contribution in [0.4, 0.5) is 0 Å². The highest BCUT2D eigenvalue weighted by molar-refractivity contribution is 7.09. The zero-order valence-electron chi connectivity index (χ0n) is 19.8. The van der Waals surface area contributed by atoms with E-state index in [0.717, 1.165) is 40.8 Å². The van der Waals surface area contributed by atoms with Crippen molar-refractivity contribution in [3.05, 3.63) is 75.0 Å². The monoisotopic (exact) mass is 495 g/mol. The van der Waals surface area contributed by atoms with E-state index in [1.807, 2.05) is 42.8 Å². The van der Waals surface area contributed by atoms with E-state index in [1.165, 1.54) is 22.3 Å². The van der Waals surface area contributed by atoms with Gasteiger partial charge in [0.1, 0.15) is 17.2 Å². The topological polar surface area (TPSA) is 102 Å². The van der Waals surface area contributed by atoms with Gasteiger partial charge in [-0.05, 0) is 60.8 Å². The summed E-state index contributed by atoms with van der Waals surface area (Å²) in [6.45, 7) is 2.60. The highest BCUT2D eigenvalue weighted by Crippen LogP contribution is 2.33. The lowest BCUT2D eigenvalue weighted by atomic mass is 10.1. The van der Waals surface area contributed by atoms with Crippen molar-refractivity contribution in [1.29, 1.82) is 0 Å². The van der Waals surface area contributed by atoms with E-state index in [9.17, 15) is 19.8 Å². The second-order valence-corrected chi connectivity index (χ2v) is 9.56. The van der Waals surface area contributed by atoms with Crippen LogP contribution in [0.2, 0.25) is 0 Å². The minimum atomic E-state index is -0.435. The van der Waals surface area contributed by atoms with Gasteiger partial charge in [-0.15, -0.1) is 11.3 Å². The highest BCUT2D eigenvalue weighted by Gasteiger charge is 2.28. The van der Waals surface area contributed by atoms with Gasteiger partial charge in [-0.2, -0.15) is 0 Å². The lowest BCUT2D eigenvalue weighted by molar-refractivity contribution is 0.0748. The third-order valence-corrected chi connectivity index (χ3v) is 6.78. The number of amides is 2. The molecule has 8 nitrogen and oxygen atoms in total. The van der Waals surface area contributed by atoms with E-state index in [0.29, 0.717) is 26.2 Å². The molecule has 0 aliphatic carbocycles. The summed E-state index contributed by atoms with van der Waals surface area (Å²) in [6.07, 6.45) is 0.891. The average molecular weight is 496 g/mol. The average Bonchev–Trinajstić information content (AvgIpc) is 3.50. The molecule has 0 unspecified atom stereocenters. The number of aromatic hydroxyl groups is 2. The Morgan fingerprint density at radius 3 is 2.60 bits per heavy atom. The molecule has 3 aromatic rings. The summed E-state index contributed by atoms with van der Waals surface area (Å²) in [7, 11) is 3.53. The maximum atomic E-state index is 13.3. The van der Waals surface area contributed by atoms with Crippen LogP contribution in [-0.2, 0) is 19.6 Å². The van der Waals surface area contributed by atoms with Crippen molar-refractivity contribution in [3.8, 4) is 17.2 Å². The van der Waals surface area contributed by atoms with Crippen LogP contribution in [0.5, 0.6) is 17.2 Å². The summed E-state index contributed by atoms with van der Waals surface area (Å²) in [5.41, 5.74) is 1.94. The summed E-state index contributed by atoms with van der Waals surface area (Å²) in [6, 6.07) is 11.9. The van der Waals surface area contributed by atoms with Crippen LogP contribution in [-0.4, -0.2) is 59.1 Å². The summed E-state index contributed by atoms with van der Waals surface area (Å²) in [5, 5.41) is 25.8. The number of ether oxygens (including phenoxy) is 1. The summed E-state index contributed by atoms with van der Waals surface area (Å²) in [4.78, 5) is 30.4. The van der Waals surface area contributed by atoms with Crippen LogP contribution < -0.4 is 10.1 Å². The van der Waals surface area contributed by atoms with E-state index >= 15 is 0 Å². The molecule has 0 saturated carbocycles. The predicted octanol–water partition coefficient (Wildman–Crippen LogP) is 3.58. The molecule has 0 spiro atoms. The Balaban J connectivity index is 1.48. The number of phenols is 2. The number of phenolic OH excluding ortho intramolecular Hbond substituents is 2. The molecule has 0 radical (unpaired) electrons. The van der Waals surface area contributed by atoms with Crippen LogP contribution in [0.3, 0.4) is 0 Å². The molecule has 1 aliphatic rings. The Hall–Kier alpha value is -3.56. The maximum Gasteiger partial charge on any atom is 0.258 e. The maximum absolute atomic E-state index is 13.3. The number of thiophene rings is 1. The van der Waals surface area contributed by atoms with Crippen molar-refractivity contribution in [2.75, 3.05) is 27.2 Å². The number of nitrogens with one attached hydrogen (secondary N) is 1. The van der Waals surface area contributed by atoms with Gasteiger partial charge >= 0.3 is 0 Å². The molecule has 35 heavy (non-hydrogen) atoms. The fourth-order valence-corrected chi connectivity index (χ4v) is 4.80. The summed E-state index contributed by atoms with van der Waals surface area (Å²) >= 11 is 1.53. The Morgan fingerprint density at radius 1 is 1.09 bits per heavy atom. The van der Waals surface area contributed by atoms with Crippen molar-refractivity contribution in [3.63, 3.8) is 0 Å². The second kappa shape index (κ2) is 10.8. The van der Waals surface area contributed by atoms with Crippen LogP contribution in [0.25, 0.3) is 0 Å². The fraction of sp³-hybridized carbons (Fsp3) is 0.308. The molecule has 1 aromatic heterocycles. The first-order valence-corrected chi connectivity index (χ1v) is 12.3. The van der Waals surface area contributed by atoms with Crippen molar-refractivity contribution < 1.29 is 24.5 Å². The molecule has 9 heteroatoms. The zero-order valence-corrected chi connectivity index (χ0v) is 20.6. The summed E-state index contributed by atoms with van der Waals surface area (Å²) in [5.74, 6) is -0.829. The van der Waals surface area contributed by atoms with Gasteiger partial charge in [0, 0.05) is 31.1 Å². The molecule has 4 rings (SSSR count). The summed E-state index contributed by atoms with van der Waals surface area (Å²) < 4.78 is 5.80. The number of carbonyl (C=O) groups is 2. The minimum absolute atomic E-state index is 0.0213. The van der Waals surface area contributed by atoms with Crippen LogP contribution in [0.1, 0.15) is 43.1 Å². The Labute approximate surface area is 208 Å². The molecule has 2 amide bonds. The third kappa shape index (κ3) is 5.58. The Morgan fingerprint density at radius 2 is 1.86 bits per heavy atom. The molecule has 0 saturated heterocycles. The first kappa shape index (κ1) is 24.6. The molecule has 1 aliphatic heterocycles. The van der Waals surface area contributed by atoms with Gasteiger partial charge in [0.05, 0.1) is 24.3 Å². The smallest absolute Gasteiger partial charge is 0.258 e. The number of hydrogen-bond donors (Lipinski definition) is 3.